The number of hydrogen-bond acceptors (Lipinski definition) is 5. The van der Waals surface area contributed by atoms with Gasteiger partial charge in [0.15, 0.2) is 11.3 Å². The average Bonchev–Trinajstić information content (AvgIpc) is 3.36. The van der Waals surface area contributed by atoms with E-state index in [9.17, 15) is 18.0 Å². The van der Waals surface area contributed by atoms with Gasteiger partial charge in [0.25, 0.3) is 0 Å². The van der Waals surface area contributed by atoms with Gasteiger partial charge >= 0.3 is 11.9 Å². The molecule has 11 heteroatoms. The number of benzene rings is 1. The lowest BCUT2D eigenvalue weighted by Crippen LogP contribution is -2.30. The Balaban J connectivity index is 1.51. The number of imidazole rings is 1. The highest BCUT2D eigenvalue weighted by Gasteiger charge is 2.40. The number of aromatic nitrogens is 5. The Labute approximate surface area is 211 Å². The summed E-state index contributed by atoms with van der Waals surface area (Å²) in [5.41, 5.74) is 9.64. The van der Waals surface area contributed by atoms with Crippen LogP contribution in [0.5, 0.6) is 0 Å². The second kappa shape index (κ2) is 8.67. The van der Waals surface area contributed by atoms with Crippen LogP contribution in [0.25, 0.3) is 22.4 Å². The molecule has 0 unspecified atom stereocenters. The minimum atomic E-state index is -4.54. The van der Waals surface area contributed by atoms with Crippen LogP contribution < -0.4 is 16.3 Å². The van der Waals surface area contributed by atoms with E-state index in [2.05, 4.69) is 31.0 Å². The first-order chi connectivity index (χ1) is 17.3. The van der Waals surface area contributed by atoms with Gasteiger partial charge in [-0.25, -0.2) is 9.78 Å². The summed E-state index contributed by atoms with van der Waals surface area (Å²) in [5, 5.41) is 6.12. The lowest BCUT2D eigenvalue weighted by molar-refractivity contribution is -0.140. The van der Waals surface area contributed by atoms with E-state index in [4.69, 9.17) is 10.7 Å². The summed E-state index contributed by atoms with van der Waals surface area (Å²) < 4.78 is 44.0. The number of pyridine rings is 1. The highest BCUT2D eigenvalue weighted by Crippen LogP contribution is 2.40. The summed E-state index contributed by atoms with van der Waals surface area (Å²) in [5.74, 6) is 0. The van der Waals surface area contributed by atoms with E-state index in [-0.39, 0.29) is 23.3 Å². The van der Waals surface area contributed by atoms with Crippen molar-refractivity contribution >= 4 is 22.5 Å². The van der Waals surface area contributed by atoms with Crippen molar-refractivity contribution in [3.05, 3.63) is 57.8 Å². The fourth-order valence-electron chi connectivity index (χ4n) is 5.00. The maximum atomic E-state index is 13.6. The molecule has 0 bridgehead atoms. The number of hydrogen-bond donors (Lipinski definition) is 2. The molecule has 0 amide bonds. The largest absolute Gasteiger partial charge is 0.437 e. The first kappa shape index (κ1) is 24.9. The minimum Gasteiger partial charge on any atom is -0.398 e. The number of alkyl halides is 3. The number of fused-ring (bicyclic) bond motifs is 2. The van der Waals surface area contributed by atoms with Crippen molar-refractivity contribution in [2.45, 2.75) is 52.9 Å². The van der Waals surface area contributed by atoms with Crippen LogP contribution in [0.2, 0.25) is 0 Å². The average molecular weight is 514 g/mol. The number of nitrogens with two attached hydrogens (primary N) is 1. The van der Waals surface area contributed by atoms with E-state index in [0.717, 1.165) is 17.5 Å². The molecule has 4 aromatic rings. The van der Waals surface area contributed by atoms with Crippen LogP contribution in [0.3, 0.4) is 0 Å². The maximum Gasteiger partial charge on any atom is 0.437 e. The van der Waals surface area contributed by atoms with Crippen LogP contribution in [0, 0.1) is 5.41 Å². The zero-order chi connectivity index (χ0) is 26.7. The van der Waals surface area contributed by atoms with E-state index in [1.165, 1.54) is 4.57 Å². The molecule has 0 saturated carbocycles. The first-order valence-corrected chi connectivity index (χ1v) is 12.2. The maximum absolute atomic E-state index is 13.6. The van der Waals surface area contributed by atoms with Gasteiger partial charge in [0.2, 0.25) is 0 Å². The molecule has 0 saturated heterocycles. The van der Waals surface area contributed by atoms with Gasteiger partial charge in [-0.3, -0.25) is 14.2 Å². The van der Waals surface area contributed by atoms with Crippen molar-refractivity contribution in [3.8, 4) is 11.3 Å². The molecule has 3 aromatic heterocycles. The SMILES string of the molecule is Cn1c(=O)n(CC(C)(C)C)c2ccc(-c3cc(CN4CCCc5[nH]nc(C(F)(F)F)c54)ccc3N)nc21. The number of nitrogen functional groups attached to an aromatic ring is 1. The second-order valence-corrected chi connectivity index (χ2v) is 10.9. The number of anilines is 2. The van der Waals surface area contributed by atoms with Crippen LogP contribution in [0.15, 0.2) is 35.1 Å². The van der Waals surface area contributed by atoms with E-state index in [1.807, 2.05) is 24.3 Å². The fraction of sp³-hybridized carbons (Fsp3) is 0.423. The summed E-state index contributed by atoms with van der Waals surface area (Å²) in [4.78, 5) is 19.4. The Bertz CT molecular complexity index is 1540. The third-order valence-corrected chi connectivity index (χ3v) is 6.63. The summed E-state index contributed by atoms with van der Waals surface area (Å²) in [6.07, 6.45) is -3.28. The van der Waals surface area contributed by atoms with E-state index < -0.39 is 11.9 Å². The summed E-state index contributed by atoms with van der Waals surface area (Å²) in [6.45, 7) is 7.51. The molecular formula is C26H30F3N7O. The van der Waals surface area contributed by atoms with Crippen molar-refractivity contribution in [1.29, 1.82) is 0 Å². The number of rotatable bonds is 4. The summed E-state index contributed by atoms with van der Waals surface area (Å²) in [7, 11) is 1.69. The highest BCUT2D eigenvalue weighted by atomic mass is 19.4. The molecule has 0 spiro atoms. The molecule has 0 aliphatic carbocycles. The molecule has 0 radical (unpaired) electrons. The zero-order valence-corrected chi connectivity index (χ0v) is 21.3. The molecule has 5 rings (SSSR count). The lowest BCUT2D eigenvalue weighted by atomic mass is 9.97. The molecule has 0 fully saturated rings. The number of nitrogens with zero attached hydrogens (tertiary/aromatic N) is 5. The lowest BCUT2D eigenvalue weighted by Gasteiger charge is -2.30. The predicted octanol–water partition coefficient (Wildman–Crippen LogP) is 4.73. The molecule has 1 aromatic carbocycles. The van der Waals surface area contributed by atoms with Gasteiger partial charge in [-0.2, -0.15) is 18.3 Å². The van der Waals surface area contributed by atoms with Gasteiger partial charge in [0.05, 0.1) is 22.6 Å². The van der Waals surface area contributed by atoms with Gasteiger partial charge < -0.3 is 10.6 Å². The summed E-state index contributed by atoms with van der Waals surface area (Å²) in [6, 6.07) is 9.11. The van der Waals surface area contributed by atoms with Crippen molar-refractivity contribution in [2.75, 3.05) is 17.2 Å². The van der Waals surface area contributed by atoms with Gasteiger partial charge in [-0.05, 0) is 48.1 Å². The van der Waals surface area contributed by atoms with Crippen molar-refractivity contribution in [2.24, 2.45) is 12.5 Å². The van der Waals surface area contributed by atoms with Gasteiger partial charge in [0.1, 0.15) is 0 Å². The minimum absolute atomic E-state index is 0.0924. The Hall–Kier alpha value is -3.76. The van der Waals surface area contributed by atoms with E-state index in [1.54, 1.807) is 22.6 Å². The molecular weight excluding hydrogens is 483 g/mol. The zero-order valence-electron chi connectivity index (χ0n) is 21.3. The molecule has 1 aliphatic rings. The van der Waals surface area contributed by atoms with Crippen molar-refractivity contribution in [1.82, 2.24) is 24.3 Å². The Morgan fingerprint density at radius 2 is 1.89 bits per heavy atom. The normalized spacial score (nSPS) is 14.4. The molecule has 37 heavy (non-hydrogen) atoms. The molecule has 4 heterocycles. The van der Waals surface area contributed by atoms with Gasteiger partial charge in [-0.15, -0.1) is 0 Å². The molecule has 8 nitrogen and oxygen atoms in total. The van der Waals surface area contributed by atoms with E-state index in [0.29, 0.717) is 47.8 Å². The van der Waals surface area contributed by atoms with Crippen LogP contribution >= 0.6 is 0 Å². The number of aryl methyl sites for hydroxylation is 2. The smallest absolute Gasteiger partial charge is 0.398 e. The quantitative estimate of drug-likeness (QED) is 0.385. The standard InChI is InChI=1S/C26H30F3N7O/c1-25(2,3)14-36-20-10-9-18(31-23(20)34(4)24(36)37)16-12-15(7-8-17(16)30)13-35-11-5-6-19-21(35)22(33-32-19)26(27,28)29/h7-10,12H,5-6,11,13-14,30H2,1-4H3,(H,32,33). The second-order valence-electron chi connectivity index (χ2n) is 10.9. The summed E-state index contributed by atoms with van der Waals surface area (Å²) >= 11 is 0. The Morgan fingerprint density at radius 1 is 1.14 bits per heavy atom. The monoisotopic (exact) mass is 513 g/mol. The molecule has 196 valence electrons. The van der Waals surface area contributed by atoms with Crippen LogP contribution in [0.4, 0.5) is 24.5 Å². The Kier molecular flexibility index (Phi) is 5.84. The van der Waals surface area contributed by atoms with Gasteiger partial charge in [0, 0.05) is 37.9 Å². The van der Waals surface area contributed by atoms with Crippen LogP contribution in [0.1, 0.15) is 44.1 Å². The number of halogens is 3. The van der Waals surface area contributed by atoms with Crippen molar-refractivity contribution < 1.29 is 13.2 Å². The van der Waals surface area contributed by atoms with E-state index >= 15 is 0 Å². The molecule has 1 aliphatic heterocycles. The Morgan fingerprint density at radius 3 is 2.59 bits per heavy atom. The van der Waals surface area contributed by atoms with Gasteiger partial charge in [-0.1, -0.05) is 26.8 Å². The predicted molar refractivity (Wildman–Crippen MR) is 137 cm³/mol. The highest BCUT2D eigenvalue weighted by molar-refractivity contribution is 5.81. The van der Waals surface area contributed by atoms with Crippen molar-refractivity contribution in [3.63, 3.8) is 0 Å². The third-order valence-electron chi connectivity index (χ3n) is 6.63. The van der Waals surface area contributed by atoms with Crippen LogP contribution in [-0.2, 0) is 32.7 Å². The number of nitrogens with one attached hydrogen (secondary N) is 1. The number of H-pyrrole nitrogens is 1. The number of aromatic amines is 1. The molecule has 0 atom stereocenters. The topological polar surface area (TPSA) is 97.8 Å². The third kappa shape index (κ3) is 4.58. The van der Waals surface area contributed by atoms with Crippen LogP contribution in [-0.4, -0.2) is 30.9 Å². The molecule has 3 N–H and O–H groups in total. The fourth-order valence-corrected chi connectivity index (χ4v) is 5.00. The first-order valence-electron chi connectivity index (χ1n) is 12.2.